The Kier molecular flexibility index (Phi) is 10.6. The second-order valence-electron chi connectivity index (χ2n) is 2.80. The largest absolute Gasteiger partial charge is 0.317 e. The molecule has 0 amide bonds. The van der Waals surface area contributed by atoms with Gasteiger partial charge in [0, 0.05) is 0 Å². The highest BCUT2D eigenvalue weighted by atomic mass is 32.2. The maximum Gasteiger partial charge on any atom is -0.00486 e. The fraction of sp³-hybridized carbons (Fsp3) is 1.00. The summed E-state index contributed by atoms with van der Waals surface area (Å²) in [4.78, 5) is 0. The molecule has 0 aromatic heterocycles. The van der Waals surface area contributed by atoms with Crippen molar-refractivity contribution in [1.82, 2.24) is 5.32 Å². The van der Waals surface area contributed by atoms with Crippen molar-refractivity contribution >= 4 is 11.8 Å². The summed E-state index contributed by atoms with van der Waals surface area (Å²) >= 11 is 1.94. The van der Waals surface area contributed by atoms with Gasteiger partial charge in [0.1, 0.15) is 0 Å². The van der Waals surface area contributed by atoms with Crippen molar-refractivity contribution < 1.29 is 0 Å². The molecule has 0 spiro atoms. The van der Waals surface area contributed by atoms with E-state index in [4.69, 9.17) is 0 Å². The molecule has 0 rings (SSSR count). The lowest BCUT2D eigenvalue weighted by Gasteiger charge is -2.01. The van der Waals surface area contributed by atoms with Gasteiger partial charge in [-0.1, -0.05) is 13.3 Å². The highest BCUT2D eigenvalue weighted by molar-refractivity contribution is 7.98. The predicted octanol–water partition coefficient (Wildman–Crippen LogP) is 2.52. The molecule has 0 heterocycles. The fourth-order valence-corrected chi connectivity index (χ4v) is 1.42. The summed E-state index contributed by atoms with van der Waals surface area (Å²) in [7, 11) is 0. The summed E-state index contributed by atoms with van der Waals surface area (Å²) in [5.41, 5.74) is 0. The molecule has 0 bridgehead atoms. The first-order chi connectivity index (χ1) is 5.41. The highest BCUT2D eigenvalue weighted by Crippen LogP contribution is 1.97. The standard InChI is InChI=1S/C9H21NS/c1-3-4-7-10-8-5-6-9-11-2/h10H,3-9H2,1-2H3. The SMILES string of the molecule is CCCCNCCCCSC. The third-order valence-corrected chi connectivity index (χ3v) is 2.36. The highest BCUT2D eigenvalue weighted by Gasteiger charge is 1.87. The van der Waals surface area contributed by atoms with E-state index in [-0.39, 0.29) is 0 Å². The van der Waals surface area contributed by atoms with E-state index in [1.165, 1.54) is 44.5 Å². The van der Waals surface area contributed by atoms with Crippen molar-refractivity contribution in [2.45, 2.75) is 32.6 Å². The van der Waals surface area contributed by atoms with Crippen LogP contribution >= 0.6 is 11.8 Å². The Labute approximate surface area is 75.3 Å². The molecule has 0 aromatic rings. The van der Waals surface area contributed by atoms with Gasteiger partial charge < -0.3 is 5.32 Å². The van der Waals surface area contributed by atoms with E-state index >= 15 is 0 Å². The Bertz CT molecular complexity index is 58.6. The molecule has 68 valence electrons. The van der Waals surface area contributed by atoms with Gasteiger partial charge in [0.05, 0.1) is 0 Å². The molecule has 11 heavy (non-hydrogen) atoms. The Balaban J connectivity index is 2.69. The van der Waals surface area contributed by atoms with Gasteiger partial charge >= 0.3 is 0 Å². The fourth-order valence-electron chi connectivity index (χ4n) is 0.923. The summed E-state index contributed by atoms with van der Waals surface area (Å²) in [6.45, 7) is 4.64. The van der Waals surface area contributed by atoms with Crippen LogP contribution in [0.25, 0.3) is 0 Å². The lowest BCUT2D eigenvalue weighted by atomic mass is 10.3. The molecule has 0 aliphatic carbocycles. The van der Waals surface area contributed by atoms with Crippen LogP contribution in [0.15, 0.2) is 0 Å². The molecule has 0 saturated heterocycles. The zero-order chi connectivity index (χ0) is 8.36. The third kappa shape index (κ3) is 10.3. The second kappa shape index (κ2) is 10.3. The van der Waals surface area contributed by atoms with E-state index in [1.54, 1.807) is 0 Å². The summed E-state index contributed by atoms with van der Waals surface area (Å²) in [6.07, 6.45) is 7.50. The molecule has 0 radical (unpaired) electrons. The predicted molar refractivity (Wildman–Crippen MR) is 55.4 cm³/mol. The number of unbranched alkanes of at least 4 members (excludes halogenated alkanes) is 2. The number of hydrogen-bond donors (Lipinski definition) is 1. The number of rotatable bonds is 8. The van der Waals surface area contributed by atoms with Crippen LogP contribution in [0.4, 0.5) is 0 Å². The smallest absolute Gasteiger partial charge is 0.00486 e. The van der Waals surface area contributed by atoms with Gasteiger partial charge in [0.25, 0.3) is 0 Å². The molecule has 0 aliphatic rings. The van der Waals surface area contributed by atoms with Crippen LogP contribution in [-0.2, 0) is 0 Å². The molecule has 1 nitrogen and oxygen atoms in total. The molecule has 0 aliphatic heterocycles. The van der Waals surface area contributed by atoms with Crippen molar-refractivity contribution in [2.24, 2.45) is 0 Å². The Morgan fingerprint density at radius 3 is 2.45 bits per heavy atom. The van der Waals surface area contributed by atoms with E-state index in [0.29, 0.717) is 0 Å². The van der Waals surface area contributed by atoms with Gasteiger partial charge in [0.15, 0.2) is 0 Å². The molecule has 0 fully saturated rings. The summed E-state index contributed by atoms with van der Waals surface area (Å²) in [5.74, 6) is 1.31. The van der Waals surface area contributed by atoms with Crippen molar-refractivity contribution in [2.75, 3.05) is 25.1 Å². The monoisotopic (exact) mass is 175 g/mol. The Hall–Kier alpha value is 0.310. The van der Waals surface area contributed by atoms with Crippen LogP contribution in [0.1, 0.15) is 32.6 Å². The van der Waals surface area contributed by atoms with Gasteiger partial charge in [-0.3, -0.25) is 0 Å². The van der Waals surface area contributed by atoms with Crippen LogP contribution in [0.5, 0.6) is 0 Å². The quantitative estimate of drug-likeness (QED) is 0.569. The molecular formula is C9H21NS. The zero-order valence-electron chi connectivity index (χ0n) is 7.86. The van der Waals surface area contributed by atoms with E-state index in [2.05, 4.69) is 18.5 Å². The normalized spacial score (nSPS) is 10.4. The van der Waals surface area contributed by atoms with Gasteiger partial charge in [-0.2, -0.15) is 11.8 Å². The maximum absolute atomic E-state index is 3.44. The topological polar surface area (TPSA) is 12.0 Å². The average Bonchev–Trinajstić information content (AvgIpc) is 2.03. The van der Waals surface area contributed by atoms with E-state index in [1.807, 2.05) is 11.8 Å². The number of nitrogens with one attached hydrogen (secondary N) is 1. The zero-order valence-corrected chi connectivity index (χ0v) is 8.67. The minimum Gasteiger partial charge on any atom is -0.317 e. The van der Waals surface area contributed by atoms with E-state index < -0.39 is 0 Å². The van der Waals surface area contributed by atoms with Crippen molar-refractivity contribution in [3.63, 3.8) is 0 Å². The maximum atomic E-state index is 3.44. The minimum absolute atomic E-state index is 1.20. The van der Waals surface area contributed by atoms with Crippen LogP contribution in [0, 0.1) is 0 Å². The first kappa shape index (κ1) is 11.3. The average molecular weight is 175 g/mol. The van der Waals surface area contributed by atoms with Crippen LogP contribution in [0.2, 0.25) is 0 Å². The first-order valence-electron chi connectivity index (χ1n) is 4.61. The number of thioether (sulfide) groups is 1. The van der Waals surface area contributed by atoms with Gasteiger partial charge in [-0.15, -0.1) is 0 Å². The summed E-state index contributed by atoms with van der Waals surface area (Å²) < 4.78 is 0. The number of hydrogen-bond acceptors (Lipinski definition) is 2. The molecule has 0 unspecified atom stereocenters. The first-order valence-corrected chi connectivity index (χ1v) is 6.00. The second-order valence-corrected chi connectivity index (χ2v) is 3.79. The van der Waals surface area contributed by atoms with Gasteiger partial charge in [-0.25, -0.2) is 0 Å². The molecular weight excluding hydrogens is 154 g/mol. The summed E-state index contributed by atoms with van der Waals surface area (Å²) in [6, 6.07) is 0. The van der Waals surface area contributed by atoms with Crippen LogP contribution in [-0.4, -0.2) is 25.1 Å². The molecule has 0 atom stereocenters. The molecule has 0 saturated carbocycles. The minimum atomic E-state index is 1.20. The van der Waals surface area contributed by atoms with Crippen molar-refractivity contribution in [1.29, 1.82) is 0 Å². The lowest BCUT2D eigenvalue weighted by Crippen LogP contribution is -2.16. The lowest BCUT2D eigenvalue weighted by molar-refractivity contribution is 0.613. The van der Waals surface area contributed by atoms with Gasteiger partial charge in [-0.05, 0) is 44.4 Å². The van der Waals surface area contributed by atoms with Crippen LogP contribution < -0.4 is 5.32 Å². The Morgan fingerprint density at radius 1 is 1.09 bits per heavy atom. The molecule has 2 heteroatoms. The molecule has 1 N–H and O–H groups in total. The van der Waals surface area contributed by atoms with E-state index in [9.17, 15) is 0 Å². The van der Waals surface area contributed by atoms with Crippen molar-refractivity contribution in [3.05, 3.63) is 0 Å². The van der Waals surface area contributed by atoms with Crippen molar-refractivity contribution in [3.8, 4) is 0 Å². The van der Waals surface area contributed by atoms with E-state index in [0.717, 1.165) is 0 Å². The van der Waals surface area contributed by atoms with Crippen LogP contribution in [0.3, 0.4) is 0 Å². The Morgan fingerprint density at radius 2 is 1.82 bits per heavy atom. The third-order valence-electron chi connectivity index (χ3n) is 1.66. The summed E-state index contributed by atoms with van der Waals surface area (Å²) in [5, 5.41) is 3.44. The molecule has 0 aromatic carbocycles. The van der Waals surface area contributed by atoms with Gasteiger partial charge in [0.2, 0.25) is 0 Å².